The number of nitrogens with zero attached hydrogens (tertiary/aromatic N) is 2. The van der Waals surface area contributed by atoms with Gasteiger partial charge in [-0.1, -0.05) is 0 Å². The van der Waals surface area contributed by atoms with Gasteiger partial charge in [0.15, 0.2) is 0 Å². The van der Waals surface area contributed by atoms with Crippen LogP contribution in [-0.4, -0.2) is 29.4 Å². The summed E-state index contributed by atoms with van der Waals surface area (Å²) in [4.78, 5) is 17.1. The van der Waals surface area contributed by atoms with E-state index in [9.17, 15) is 4.79 Å². The molecule has 0 radical (unpaired) electrons. The molecule has 0 aliphatic carbocycles. The van der Waals surface area contributed by atoms with Crippen LogP contribution in [0.2, 0.25) is 0 Å². The summed E-state index contributed by atoms with van der Waals surface area (Å²) in [5, 5.41) is 3.20. The van der Waals surface area contributed by atoms with Crippen LogP contribution in [0.15, 0.2) is 24.5 Å². The molecule has 4 nitrogen and oxygen atoms in total. The zero-order chi connectivity index (χ0) is 10.2. The highest BCUT2D eigenvalue weighted by atomic mass is 16.2. The molecule has 4 heteroatoms. The van der Waals surface area contributed by atoms with Crippen molar-refractivity contribution in [3.05, 3.63) is 30.1 Å². The monoisotopic (exact) mass is 191 g/mol. The number of hydrogen-bond donors (Lipinski definition) is 1. The van der Waals surface area contributed by atoms with E-state index in [4.69, 9.17) is 0 Å². The molecular formula is C10H13N3O. The van der Waals surface area contributed by atoms with E-state index in [-0.39, 0.29) is 11.6 Å². The van der Waals surface area contributed by atoms with Crippen molar-refractivity contribution in [2.45, 2.75) is 12.6 Å². The third kappa shape index (κ3) is 1.19. The van der Waals surface area contributed by atoms with Gasteiger partial charge >= 0.3 is 0 Å². The summed E-state index contributed by atoms with van der Waals surface area (Å²) in [6.45, 7) is 2.39. The summed E-state index contributed by atoms with van der Waals surface area (Å²) < 4.78 is 0. The Balaban J connectivity index is 2.39. The topological polar surface area (TPSA) is 45.2 Å². The zero-order valence-electron chi connectivity index (χ0n) is 8.32. The Labute approximate surface area is 82.9 Å². The van der Waals surface area contributed by atoms with Crippen molar-refractivity contribution in [2.75, 3.05) is 13.6 Å². The van der Waals surface area contributed by atoms with Crippen molar-refractivity contribution < 1.29 is 4.79 Å². The number of nitrogens with one attached hydrogen (secondary N) is 1. The van der Waals surface area contributed by atoms with Crippen LogP contribution in [0.4, 0.5) is 0 Å². The molecule has 74 valence electrons. The van der Waals surface area contributed by atoms with Crippen LogP contribution in [0.5, 0.6) is 0 Å². The fourth-order valence-corrected chi connectivity index (χ4v) is 1.71. The molecule has 1 fully saturated rings. The van der Waals surface area contributed by atoms with Crippen LogP contribution >= 0.6 is 0 Å². The van der Waals surface area contributed by atoms with E-state index in [0.29, 0.717) is 6.54 Å². The first-order valence-electron chi connectivity index (χ1n) is 4.57. The summed E-state index contributed by atoms with van der Waals surface area (Å²) in [5.41, 5.74) is 0.667. The minimum absolute atomic E-state index is 0.115. The number of amides is 1. The van der Waals surface area contributed by atoms with Crippen LogP contribution in [0.3, 0.4) is 0 Å². The number of hydrogen-bond acceptors (Lipinski definition) is 3. The summed E-state index contributed by atoms with van der Waals surface area (Å²) in [6, 6.07) is 3.84. The summed E-state index contributed by atoms with van der Waals surface area (Å²) in [5.74, 6) is 0.115. The SMILES string of the molecule is CN1C(=O)CNC1(C)c1ccncc1. The quantitative estimate of drug-likeness (QED) is 0.695. The van der Waals surface area contributed by atoms with Crippen molar-refractivity contribution >= 4 is 5.91 Å². The maximum absolute atomic E-state index is 11.4. The van der Waals surface area contributed by atoms with E-state index >= 15 is 0 Å². The molecule has 1 aliphatic rings. The van der Waals surface area contributed by atoms with E-state index in [0.717, 1.165) is 5.56 Å². The van der Waals surface area contributed by atoms with E-state index in [1.807, 2.05) is 26.1 Å². The van der Waals surface area contributed by atoms with Crippen molar-refractivity contribution in [3.8, 4) is 0 Å². The first kappa shape index (κ1) is 9.15. The number of pyridine rings is 1. The van der Waals surface area contributed by atoms with Gasteiger partial charge in [-0.3, -0.25) is 15.1 Å². The molecule has 1 saturated heterocycles. The first-order valence-corrected chi connectivity index (χ1v) is 4.57. The number of carbonyl (C=O) groups excluding carboxylic acids is 1. The lowest BCUT2D eigenvalue weighted by Crippen LogP contribution is -2.44. The van der Waals surface area contributed by atoms with Gasteiger partial charge in [0.25, 0.3) is 0 Å². The summed E-state index contributed by atoms with van der Waals surface area (Å²) >= 11 is 0. The summed E-state index contributed by atoms with van der Waals surface area (Å²) in [6.07, 6.45) is 3.47. The van der Waals surface area contributed by atoms with Crippen LogP contribution in [-0.2, 0) is 10.5 Å². The van der Waals surface area contributed by atoms with Gasteiger partial charge in [0.2, 0.25) is 5.91 Å². The van der Waals surface area contributed by atoms with Gasteiger partial charge in [0.1, 0.15) is 5.66 Å². The fraction of sp³-hybridized carbons (Fsp3) is 0.400. The number of likely N-dealkylation sites (N-methyl/N-ethyl adjacent to an activating group) is 1. The van der Waals surface area contributed by atoms with Crippen molar-refractivity contribution in [1.82, 2.24) is 15.2 Å². The van der Waals surface area contributed by atoms with Gasteiger partial charge in [-0.15, -0.1) is 0 Å². The third-order valence-electron chi connectivity index (χ3n) is 2.87. The minimum Gasteiger partial charge on any atom is -0.322 e. The molecule has 1 N–H and O–H groups in total. The van der Waals surface area contributed by atoms with Crippen LogP contribution < -0.4 is 5.32 Å². The highest BCUT2D eigenvalue weighted by molar-refractivity contribution is 5.81. The zero-order valence-corrected chi connectivity index (χ0v) is 8.32. The predicted octanol–water partition coefficient (Wildman–Crippen LogP) is 0.316. The van der Waals surface area contributed by atoms with Gasteiger partial charge in [-0.25, -0.2) is 0 Å². The average molecular weight is 191 g/mol. The Morgan fingerprint density at radius 1 is 1.50 bits per heavy atom. The predicted molar refractivity (Wildman–Crippen MR) is 52.4 cm³/mol. The molecular weight excluding hydrogens is 178 g/mol. The number of aromatic nitrogens is 1. The van der Waals surface area contributed by atoms with Crippen LogP contribution in [0.1, 0.15) is 12.5 Å². The normalized spacial score (nSPS) is 27.0. The molecule has 1 aromatic rings. The molecule has 1 atom stereocenters. The molecule has 1 unspecified atom stereocenters. The van der Waals surface area contributed by atoms with Gasteiger partial charge in [0, 0.05) is 19.4 Å². The van der Waals surface area contributed by atoms with Gasteiger partial charge in [-0.2, -0.15) is 0 Å². The van der Waals surface area contributed by atoms with E-state index in [2.05, 4.69) is 10.3 Å². The number of carbonyl (C=O) groups is 1. The Bertz CT molecular complexity index is 352. The lowest BCUT2D eigenvalue weighted by Gasteiger charge is -2.32. The molecule has 1 aliphatic heterocycles. The Hall–Kier alpha value is -1.42. The maximum atomic E-state index is 11.4. The Kier molecular flexibility index (Phi) is 2.00. The molecule has 1 aromatic heterocycles. The van der Waals surface area contributed by atoms with Crippen molar-refractivity contribution in [3.63, 3.8) is 0 Å². The fourth-order valence-electron chi connectivity index (χ4n) is 1.71. The largest absolute Gasteiger partial charge is 0.322 e. The Morgan fingerprint density at radius 2 is 2.14 bits per heavy atom. The molecule has 14 heavy (non-hydrogen) atoms. The van der Waals surface area contributed by atoms with Gasteiger partial charge < -0.3 is 4.90 Å². The average Bonchev–Trinajstić information content (AvgIpc) is 2.49. The standard InChI is InChI=1S/C10H13N3O/c1-10(8-3-5-11-6-4-8)12-7-9(14)13(10)2/h3-6,12H,7H2,1-2H3. The second kappa shape index (κ2) is 3.06. The Morgan fingerprint density at radius 3 is 2.64 bits per heavy atom. The van der Waals surface area contributed by atoms with Gasteiger partial charge in [-0.05, 0) is 24.6 Å². The molecule has 2 rings (SSSR count). The maximum Gasteiger partial charge on any atom is 0.238 e. The highest BCUT2D eigenvalue weighted by Crippen LogP contribution is 2.26. The van der Waals surface area contributed by atoms with Crippen molar-refractivity contribution in [2.24, 2.45) is 0 Å². The molecule has 1 amide bonds. The lowest BCUT2D eigenvalue weighted by molar-refractivity contribution is -0.128. The third-order valence-corrected chi connectivity index (χ3v) is 2.87. The van der Waals surface area contributed by atoms with E-state index < -0.39 is 0 Å². The van der Waals surface area contributed by atoms with Crippen molar-refractivity contribution in [1.29, 1.82) is 0 Å². The van der Waals surface area contributed by atoms with E-state index in [1.54, 1.807) is 17.3 Å². The first-order chi connectivity index (χ1) is 6.64. The molecule has 2 heterocycles. The molecule has 0 aromatic carbocycles. The van der Waals surface area contributed by atoms with Crippen LogP contribution in [0, 0.1) is 0 Å². The van der Waals surface area contributed by atoms with E-state index in [1.165, 1.54) is 0 Å². The van der Waals surface area contributed by atoms with Gasteiger partial charge in [0.05, 0.1) is 6.54 Å². The molecule has 0 spiro atoms. The second-order valence-electron chi connectivity index (χ2n) is 3.61. The minimum atomic E-state index is -0.389. The van der Waals surface area contributed by atoms with Crippen LogP contribution in [0.25, 0.3) is 0 Å². The summed E-state index contributed by atoms with van der Waals surface area (Å²) in [7, 11) is 1.81. The second-order valence-corrected chi connectivity index (χ2v) is 3.61. The molecule has 0 saturated carbocycles. The smallest absolute Gasteiger partial charge is 0.238 e. The highest BCUT2D eigenvalue weighted by Gasteiger charge is 2.39. The number of rotatable bonds is 1. The molecule has 0 bridgehead atoms. The lowest BCUT2D eigenvalue weighted by atomic mass is 10.0.